The third-order valence-corrected chi connectivity index (χ3v) is 8.47. The number of fused-ring (bicyclic) bond motifs is 7. The van der Waals surface area contributed by atoms with E-state index in [0.29, 0.717) is 27.1 Å². The number of hydrogen-bond donors (Lipinski definition) is 0. The number of anilines is 3. The first-order chi connectivity index (χ1) is 19.0. The van der Waals surface area contributed by atoms with E-state index in [9.17, 15) is 9.59 Å². The number of hydrogen-bond acceptors (Lipinski definition) is 3. The summed E-state index contributed by atoms with van der Waals surface area (Å²) >= 11 is 0. The van der Waals surface area contributed by atoms with Crippen molar-refractivity contribution in [2.24, 2.45) is 0 Å². The standard InChI is InChI=1S/C35H24N2O2/c1-35(2)25-16-7-9-18-27(25)36(21-11-4-3-5-12-21)29-20-19-28-30(31(29)35)34(39)24-15-10-14-23-32(24)37(28)26-17-8-6-13-22(26)33(23)38/h3-20H,1-2H3. The first-order valence-corrected chi connectivity index (χ1v) is 13.2. The predicted molar refractivity (Wildman–Crippen MR) is 160 cm³/mol. The van der Waals surface area contributed by atoms with Crippen LogP contribution in [0, 0.1) is 0 Å². The van der Waals surface area contributed by atoms with Gasteiger partial charge in [-0.1, -0.05) is 68.4 Å². The van der Waals surface area contributed by atoms with Crippen molar-refractivity contribution in [2.45, 2.75) is 19.3 Å². The maximum absolute atomic E-state index is 14.5. The van der Waals surface area contributed by atoms with Crippen LogP contribution < -0.4 is 15.8 Å². The molecule has 39 heavy (non-hydrogen) atoms. The largest absolute Gasteiger partial charge is 0.310 e. The topological polar surface area (TPSA) is 41.8 Å². The third-order valence-electron chi connectivity index (χ3n) is 8.47. The zero-order valence-electron chi connectivity index (χ0n) is 21.6. The van der Waals surface area contributed by atoms with Crippen LogP contribution in [0.2, 0.25) is 0 Å². The molecular weight excluding hydrogens is 480 g/mol. The lowest BCUT2D eigenvalue weighted by Crippen LogP contribution is -2.32. The van der Waals surface area contributed by atoms with Crippen LogP contribution in [-0.4, -0.2) is 4.40 Å². The highest BCUT2D eigenvalue weighted by atomic mass is 16.1. The summed E-state index contributed by atoms with van der Waals surface area (Å²) in [5.41, 5.74) is 7.10. The molecule has 0 saturated heterocycles. The maximum Gasteiger partial charge on any atom is 0.197 e. The molecule has 0 aliphatic carbocycles. The summed E-state index contributed by atoms with van der Waals surface area (Å²) in [4.78, 5) is 30.3. The molecule has 0 atom stereocenters. The fourth-order valence-corrected chi connectivity index (χ4v) is 6.79. The Morgan fingerprint density at radius 2 is 1.23 bits per heavy atom. The van der Waals surface area contributed by atoms with E-state index in [1.165, 1.54) is 0 Å². The highest BCUT2D eigenvalue weighted by molar-refractivity contribution is 6.10. The van der Waals surface area contributed by atoms with Crippen molar-refractivity contribution in [1.82, 2.24) is 4.40 Å². The Labute approximate surface area is 224 Å². The quantitative estimate of drug-likeness (QED) is 0.170. The maximum atomic E-state index is 14.5. The Kier molecular flexibility index (Phi) is 4.27. The van der Waals surface area contributed by atoms with Crippen LogP contribution >= 0.6 is 0 Å². The first-order valence-electron chi connectivity index (χ1n) is 13.2. The second-order valence-corrected chi connectivity index (χ2v) is 10.9. The number of para-hydroxylation sites is 4. The van der Waals surface area contributed by atoms with Gasteiger partial charge in [-0.25, -0.2) is 0 Å². The van der Waals surface area contributed by atoms with Crippen molar-refractivity contribution in [3.05, 3.63) is 141 Å². The van der Waals surface area contributed by atoms with Gasteiger partial charge >= 0.3 is 0 Å². The molecule has 0 amide bonds. The van der Waals surface area contributed by atoms with E-state index < -0.39 is 5.41 Å². The number of nitrogens with zero attached hydrogens (tertiary/aromatic N) is 2. The zero-order chi connectivity index (χ0) is 26.5. The van der Waals surface area contributed by atoms with Crippen molar-refractivity contribution in [3.8, 4) is 0 Å². The van der Waals surface area contributed by atoms with Crippen molar-refractivity contribution in [2.75, 3.05) is 4.90 Å². The average molecular weight is 505 g/mol. The minimum atomic E-state index is -0.446. The SMILES string of the molecule is CC1(C)c2ccccc2N(c2ccccc2)c2ccc3c(c21)c(=O)c1cccc2c(=O)c4ccccc4n3c21. The van der Waals surface area contributed by atoms with Crippen LogP contribution in [0.1, 0.15) is 25.0 Å². The molecule has 0 bridgehead atoms. The number of aromatic nitrogens is 1. The fraction of sp³-hybridized carbons (Fsp3) is 0.0857. The fourth-order valence-electron chi connectivity index (χ4n) is 6.79. The van der Waals surface area contributed by atoms with Gasteiger partial charge in [0.2, 0.25) is 0 Å². The molecule has 0 saturated carbocycles. The van der Waals surface area contributed by atoms with Gasteiger partial charge in [-0.15, -0.1) is 0 Å². The normalized spacial score (nSPS) is 14.3. The van der Waals surface area contributed by atoms with E-state index in [0.717, 1.165) is 39.2 Å². The van der Waals surface area contributed by atoms with Crippen LogP contribution in [0.4, 0.5) is 17.1 Å². The summed E-state index contributed by atoms with van der Waals surface area (Å²) in [5.74, 6) is 0. The van der Waals surface area contributed by atoms with E-state index >= 15 is 0 Å². The smallest absolute Gasteiger partial charge is 0.197 e. The first kappa shape index (κ1) is 22.1. The molecule has 5 aromatic carbocycles. The van der Waals surface area contributed by atoms with Crippen molar-refractivity contribution >= 4 is 55.2 Å². The molecular formula is C35H24N2O2. The molecule has 8 rings (SSSR count). The van der Waals surface area contributed by atoms with E-state index in [4.69, 9.17) is 0 Å². The second kappa shape index (κ2) is 7.55. The van der Waals surface area contributed by atoms with Gasteiger partial charge in [0, 0.05) is 27.3 Å². The number of pyridine rings is 2. The molecule has 7 aromatic rings. The number of rotatable bonds is 1. The van der Waals surface area contributed by atoms with Gasteiger partial charge in [-0.3, -0.25) is 9.59 Å². The summed E-state index contributed by atoms with van der Waals surface area (Å²) < 4.78 is 2.13. The average Bonchev–Trinajstić information content (AvgIpc) is 2.97. The molecule has 0 N–H and O–H groups in total. The second-order valence-electron chi connectivity index (χ2n) is 10.9. The lowest BCUT2D eigenvalue weighted by atomic mass is 9.72. The van der Waals surface area contributed by atoms with E-state index in [2.05, 4.69) is 71.7 Å². The third kappa shape index (κ3) is 2.73. The molecule has 0 spiro atoms. The Balaban J connectivity index is 1.64. The summed E-state index contributed by atoms with van der Waals surface area (Å²) in [6, 6.07) is 36.2. The van der Waals surface area contributed by atoms with Gasteiger partial charge < -0.3 is 9.30 Å². The minimum Gasteiger partial charge on any atom is -0.310 e. The molecule has 3 heterocycles. The molecule has 0 radical (unpaired) electrons. The minimum absolute atomic E-state index is 0.0393. The summed E-state index contributed by atoms with van der Waals surface area (Å²) in [7, 11) is 0. The van der Waals surface area contributed by atoms with E-state index in [-0.39, 0.29) is 10.9 Å². The van der Waals surface area contributed by atoms with Gasteiger partial charge in [0.1, 0.15) is 0 Å². The van der Waals surface area contributed by atoms with Gasteiger partial charge in [-0.2, -0.15) is 0 Å². The van der Waals surface area contributed by atoms with E-state index in [1.807, 2.05) is 60.7 Å². The van der Waals surface area contributed by atoms with Gasteiger partial charge in [-0.05, 0) is 65.7 Å². The summed E-state index contributed by atoms with van der Waals surface area (Å²) in [6.45, 7) is 4.42. The molecule has 2 aromatic heterocycles. The van der Waals surface area contributed by atoms with Crippen LogP contribution in [0.5, 0.6) is 0 Å². The Hall–Kier alpha value is -4.96. The summed E-state index contributed by atoms with van der Waals surface area (Å²) in [6.07, 6.45) is 0. The molecule has 4 heteroatoms. The molecule has 0 unspecified atom stereocenters. The van der Waals surface area contributed by atoms with Crippen molar-refractivity contribution in [3.63, 3.8) is 0 Å². The Morgan fingerprint density at radius 1 is 0.564 bits per heavy atom. The van der Waals surface area contributed by atoms with Crippen molar-refractivity contribution in [1.29, 1.82) is 0 Å². The Morgan fingerprint density at radius 3 is 2.05 bits per heavy atom. The molecule has 186 valence electrons. The van der Waals surface area contributed by atoms with Crippen molar-refractivity contribution < 1.29 is 0 Å². The Bertz CT molecular complexity index is 2250. The van der Waals surface area contributed by atoms with E-state index in [1.54, 1.807) is 0 Å². The lowest BCUT2D eigenvalue weighted by Gasteiger charge is -2.42. The molecule has 1 aliphatic rings. The highest BCUT2D eigenvalue weighted by Gasteiger charge is 2.39. The molecule has 4 nitrogen and oxygen atoms in total. The van der Waals surface area contributed by atoms with Crippen LogP contribution in [0.3, 0.4) is 0 Å². The highest BCUT2D eigenvalue weighted by Crippen LogP contribution is 2.53. The van der Waals surface area contributed by atoms with Gasteiger partial charge in [0.25, 0.3) is 0 Å². The van der Waals surface area contributed by atoms with Crippen LogP contribution in [0.15, 0.2) is 119 Å². The molecule has 1 aliphatic heterocycles. The summed E-state index contributed by atoms with van der Waals surface area (Å²) in [5, 5.41) is 2.48. The predicted octanol–water partition coefficient (Wildman–Crippen LogP) is 7.67. The van der Waals surface area contributed by atoms with Crippen LogP contribution in [0.25, 0.3) is 38.1 Å². The zero-order valence-corrected chi connectivity index (χ0v) is 21.6. The molecule has 0 fully saturated rings. The van der Waals surface area contributed by atoms with Crippen LogP contribution in [-0.2, 0) is 5.41 Å². The van der Waals surface area contributed by atoms with Gasteiger partial charge in [0.15, 0.2) is 10.9 Å². The van der Waals surface area contributed by atoms with Gasteiger partial charge in [0.05, 0.1) is 33.3 Å². The monoisotopic (exact) mass is 504 g/mol. The lowest BCUT2D eigenvalue weighted by molar-refractivity contribution is 0.637. The number of benzene rings is 5.